The number of carbonyl (C=O) groups is 3. The molecule has 1 aliphatic rings. The van der Waals surface area contributed by atoms with Gasteiger partial charge < -0.3 is 10.1 Å². The first-order valence-electron chi connectivity index (χ1n) is 9.91. The number of hydrogen-bond donors (Lipinski definition) is 1. The fraction of sp³-hybridized carbons (Fsp3) is 0.545. The molecule has 1 fully saturated rings. The number of imide groups is 1. The summed E-state index contributed by atoms with van der Waals surface area (Å²) in [4.78, 5) is 35.4. The molecular formula is C22H33N3O3. The van der Waals surface area contributed by atoms with Gasteiger partial charge in [-0.3, -0.25) is 4.79 Å². The van der Waals surface area contributed by atoms with E-state index in [2.05, 4.69) is 19.2 Å². The first kappa shape index (κ1) is 25.3. The van der Waals surface area contributed by atoms with Crippen molar-refractivity contribution in [1.82, 2.24) is 5.32 Å². The van der Waals surface area contributed by atoms with Crippen LogP contribution in [-0.4, -0.2) is 23.8 Å². The Labute approximate surface area is 168 Å². The predicted octanol–water partition coefficient (Wildman–Crippen LogP) is 4.82. The molecule has 1 unspecified atom stereocenters. The van der Waals surface area contributed by atoms with Crippen molar-refractivity contribution in [3.05, 3.63) is 29.8 Å². The second kappa shape index (κ2) is 12.7. The van der Waals surface area contributed by atoms with E-state index in [9.17, 15) is 9.59 Å². The van der Waals surface area contributed by atoms with Crippen molar-refractivity contribution in [2.24, 2.45) is 5.92 Å². The second-order valence-corrected chi connectivity index (χ2v) is 6.73. The van der Waals surface area contributed by atoms with Gasteiger partial charge >= 0.3 is 6.03 Å². The minimum atomic E-state index is -0.802. The molecule has 1 aromatic carbocycles. The lowest BCUT2D eigenvalue weighted by Gasteiger charge is -2.27. The molecule has 0 aliphatic carbocycles. The lowest BCUT2D eigenvalue weighted by atomic mass is 9.86. The summed E-state index contributed by atoms with van der Waals surface area (Å²) >= 11 is 0. The van der Waals surface area contributed by atoms with Crippen LogP contribution in [0.4, 0.5) is 10.5 Å². The maximum atomic E-state index is 13.0. The Morgan fingerprint density at radius 3 is 2.14 bits per heavy atom. The van der Waals surface area contributed by atoms with Crippen LogP contribution in [0.15, 0.2) is 24.3 Å². The maximum Gasteiger partial charge on any atom is 0.329 e. The molecule has 0 aromatic heterocycles. The van der Waals surface area contributed by atoms with Gasteiger partial charge in [0.25, 0.3) is 5.91 Å². The number of aldehydes is 1. The molecule has 6 nitrogen and oxygen atoms in total. The van der Waals surface area contributed by atoms with E-state index in [0.29, 0.717) is 30.0 Å². The number of nitrogens with one attached hydrogen (secondary N) is 1. The highest BCUT2D eigenvalue weighted by molar-refractivity contribution is 6.23. The third kappa shape index (κ3) is 6.49. The molecule has 2 rings (SSSR count). The Balaban J connectivity index is 0.00000133. The Bertz CT molecular complexity index is 677. The smallest absolute Gasteiger partial charge is 0.323 e. The van der Waals surface area contributed by atoms with Gasteiger partial charge in [-0.2, -0.15) is 5.26 Å². The minimum Gasteiger partial charge on any atom is -0.323 e. The zero-order valence-corrected chi connectivity index (χ0v) is 17.9. The minimum absolute atomic E-state index is 0.185. The maximum absolute atomic E-state index is 13.0. The van der Waals surface area contributed by atoms with Crippen molar-refractivity contribution in [2.45, 2.75) is 72.8 Å². The second-order valence-electron chi connectivity index (χ2n) is 6.73. The lowest BCUT2D eigenvalue weighted by Crippen LogP contribution is -2.47. The van der Waals surface area contributed by atoms with E-state index < -0.39 is 5.54 Å². The third-order valence-corrected chi connectivity index (χ3v) is 4.24. The largest absolute Gasteiger partial charge is 0.329 e. The number of anilines is 1. The molecule has 1 heterocycles. The Hall–Kier alpha value is -2.68. The molecule has 0 spiro atoms. The van der Waals surface area contributed by atoms with Gasteiger partial charge in [-0.15, -0.1) is 0 Å². The van der Waals surface area contributed by atoms with Crippen LogP contribution in [0, 0.1) is 17.2 Å². The molecule has 1 saturated heterocycles. The summed E-state index contributed by atoms with van der Waals surface area (Å²) in [5.74, 6) is 0.284. The SMILES string of the molecule is CC.CC=O.CCCC1(CCC(C)C)NC(=O)N(c2ccc(C#N)cc2)C1=O. The van der Waals surface area contributed by atoms with Crippen LogP contribution in [0.1, 0.15) is 72.8 Å². The van der Waals surface area contributed by atoms with E-state index in [1.807, 2.05) is 26.8 Å². The van der Waals surface area contributed by atoms with E-state index in [-0.39, 0.29) is 11.9 Å². The van der Waals surface area contributed by atoms with Crippen LogP contribution in [-0.2, 0) is 9.59 Å². The van der Waals surface area contributed by atoms with Gasteiger partial charge in [0.2, 0.25) is 0 Å². The van der Waals surface area contributed by atoms with E-state index in [4.69, 9.17) is 10.1 Å². The van der Waals surface area contributed by atoms with Gasteiger partial charge in [-0.25, -0.2) is 9.69 Å². The highest BCUT2D eigenvalue weighted by Gasteiger charge is 2.50. The summed E-state index contributed by atoms with van der Waals surface area (Å²) in [6, 6.07) is 8.16. The Morgan fingerprint density at radius 1 is 1.18 bits per heavy atom. The van der Waals surface area contributed by atoms with Crippen molar-refractivity contribution in [3.8, 4) is 6.07 Å². The molecule has 1 atom stereocenters. The standard InChI is InChI=1S/C18H23N3O2.C2H4O.C2H6/c1-4-10-18(11-9-13(2)3)16(22)21(17(23)20-18)15-7-5-14(12-19)6-8-15;1-2-3;1-2/h5-8,13H,4,9-11H2,1-3H3,(H,20,23);2H,1H3;1-2H3. The number of nitriles is 1. The molecule has 6 heteroatoms. The molecule has 0 bridgehead atoms. The molecule has 1 aromatic rings. The molecule has 28 heavy (non-hydrogen) atoms. The quantitative estimate of drug-likeness (QED) is 0.559. The van der Waals surface area contributed by atoms with Gasteiger partial charge in [-0.1, -0.05) is 41.0 Å². The average molecular weight is 388 g/mol. The highest BCUT2D eigenvalue weighted by atomic mass is 16.2. The molecule has 1 N–H and O–H groups in total. The number of urea groups is 1. The van der Waals surface area contributed by atoms with Crippen molar-refractivity contribution in [3.63, 3.8) is 0 Å². The first-order chi connectivity index (χ1) is 13.3. The summed E-state index contributed by atoms with van der Waals surface area (Å²) in [6.07, 6.45) is 3.74. The normalized spacial score (nSPS) is 17.7. The molecule has 0 saturated carbocycles. The number of hydrogen-bond acceptors (Lipinski definition) is 4. The monoisotopic (exact) mass is 387 g/mol. The van der Waals surface area contributed by atoms with Crippen LogP contribution in [0.5, 0.6) is 0 Å². The van der Waals surface area contributed by atoms with Crippen LogP contribution in [0.3, 0.4) is 0 Å². The zero-order chi connectivity index (χ0) is 21.7. The fourth-order valence-electron chi connectivity index (χ4n) is 2.97. The van der Waals surface area contributed by atoms with E-state index in [1.54, 1.807) is 24.3 Å². The zero-order valence-electron chi connectivity index (χ0n) is 17.9. The van der Waals surface area contributed by atoms with E-state index >= 15 is 0 Å². The molecular weight excluding hydrogens is 354 g/mol. The van der Waals surface area contributed by atoms with Gasteiger partial charge in [-0.05, 0) is 56.4 Å². The first-order valence-corrected chi connectivity index (χ1v) is 9.91. The van der Waals surface area contributed by atoms with Gasteiger partial charge in [0.1, 0.15) is 11.8 Å². The Kier molecular flexibility index (Phi) is 11.4. The van der Waals surface area contributed by atoms with Crippen molar-refractivity contribution >= 4 is 23.9 Å². The van der Waals surface area contributed by atoms with E-state index in [1.165, 1.54) is 11.8 Å². The fourth-order valence-corrected chi connectivity index (χ4v) is 2.97. The van der Waals surface area contributed by atoms with Gasteiger partial charge in [0, 0.05) is 0 Å². The van der Waals surface area contributed by atoms with E-state index in [0.717, 1.165) is 19.1 Å². The van der Waals surface area contributed by atoms with Gasteiger partial charge in [0.05, 0.1) is 17.3 Å². The summed E-state index contributed by atoms with van der Waals surface area (Å²) < 4.78 is 0. The number of benzene rings is 1. The summed E-state index contributed by atoms with van der Waals surface area (Å²) in [6.45, 7) is 11.7. The predicted molar refractivity (Wildman–Crippen MR) is 112 cm³/mol. The number of amides is 3. The molecule has 1 aliphatic heterocycles. The summed E-state index contributed by atoms with van der Waals surface area (Å²) in [5.41, 5.74) is 0.207. The molecule has 3 amide bonds. The number of carbonyl (C=O) groups excluding carboxylic acids is 3. The number of nitrogens with zero attached hydrogens (tertiary/aromatic N) is 2. The number of rotatable bonds is 6. The topological polar surface area (TPSA) is 90.3 Å². The lowest BCUT2D eigenvalue weighted by molar-refractivity contribution is -0.122. The third-order valence-electron chi connectivity index (χ3n) is 4.24. The van der Waals surface area contributed by atoms with Crippen LogP contribution < -0.4 is 10.2 Å². The summed E-state index contributed by atoms with van der Waals surface area (Å²) in [7, 11) is 0. The molecule has 0 radical (unpaired) electrons. The average Bonchev–Trinajstić information content (AvgIpc) is 2.93. The Morgan fingerprint density at radius 2 is 1.71 bits per heavy atom. The van der Waals surface area contributed by atoms with Crippen molar-refractivity contribution < 1.29 is 14.4 Å². The van der Waals surface area contributed by atoms with Crippen LogP contribution >= 0.6 is 0 Å². The van der Waals surface area contributed by atoms with Crippen molar-refractivity contribution in [2.75, 3.05) is 4.90 Å². The van der Waals surface area contributed by atoms with Crippen LogP contribution in [0.25, 0.3) is 0 Å². The molecule has 154 valence electrons. The van der Waals surface area contributed by atoms with Gasteiger partial charge in [0.15, 0.2) is 0 Å². The highest BCUT2D eigenvalue weighted by Crippen LogP contribution is 2.32. The summed E-state index contributed by atoms with van der Waals surface area (Å²) in [5, 5.41) is 11.8. The van der Waals surface area contributed by atoms with Crippen LogP contribution in [0.2, 0.25) is 0 Å². The van der Waals surface area contributed by atoms with Crippen molar-refractivity contribution in [1.29, 1.82) is 5.26 Å².